The summed E-state index contributed by atoms with van der Waals surface area (Å²) in [5.74, 6) is 0.954. The molecule has 108 valence electrons. The number of fused-ring (bicyclic) bond motifs is 1. The number of rotatable bonds is 1. The molecule has 4 heteroatoms. The van der Waals surface area contributed by atoms with Crippen molar-refractivity contribution >= 4 is 11.5 Å². The fourth-order valence-corrected chi connectivity index (χ4v) is 3.48. The standard InChI is InChI=1S/C17H20N4/c1-11-8-12(2)16(13(3)9-11)21-7-5-6-14-15(10-18)20(4)19-17(14)21/h8-9H,5-7H2,1-4H3. The van der Waals surface area contributed by atoms with Crippen LogP contribution in [0, 0.1) is 32.1 Å². The van der Waals surface area contributed by atoms with Crippen LogP contribution in [0.15, 0.2) is 12.1 Å². The van der Waals surface area contributed by atoms with E-state index in [1.54, 1.807) is 4.68 Å². The van der Waals surface area contributed by atoms with E-state index in [4.69, 9.17) is 0 Å². The van der Waals surface area contributed by atoms with Gasteiger partial charge in [0.25, 0.3) is 0 Å². The van der Waals surface area contributed by atoms with Crippen molar-refractivity contribution in [3.8, 4) is 6.07 Å². The number of hydrogen-bond acceptors (Lipinski definition) is 3. The molecule has 0 amide bonds. The summed E-state index contributed by atoms with van der Waals surface area (Å²) in [5.41, 5.74) is 6.84. The van der Waals surface area contributed by atoms with Crippen LogP contribution in [0.4, 0.5) is 11.5 Å². The average Bonchev–Trinajstić information content (AvgIpc) is 2.73. The van der Waals surface area contributed by atoms with Crippen molar-refractivity contribution in [3.63, 3.8) is 0 Å². The van der Waals surface area contributed by atoms with E-state index >= 15 is 0 Å². The molecule has 3 rings (SSSR count). The first-order valence-corrected chi connectivity index (χ1v) is 7.34. The van der Waals surface area contributed by atoms with E-state index in [1.807, 2.05) is 7.05 Å². The quantitative estimate of drug-likeness (QED) is 0.805. The highest BCUT2D eigenvalue weighted by molar-refractivity contribution is 5.72. The van der Waals surface area contributed by atoms with Crippen molar-refractivity contribution in [3.05, 3.63) is 40.1 Å². The normalized spacial score (nSPS) is 14.0. The summed E-state index contributed by atoms with van der Waals surface area (Å²) < 4.78 is 1.71. The number of nitrogens with zero attached hydrogens (tertiary/aromatic N) is 4. The highest BCUT2D eigenvalue weighted by Crippen LogP contribution is 2.37. The van der Waals surface area contributed by atoms with Gasteiger partial charge in [-0.15, -0.1) is 0 Å². The molecule has 21 heavy (non-hydrogen) atoms. The minimum atomic E-state index is 0.692. The molecule has 4 nitrogen and oxygen atoms in total. The van der Waals surface area contributed by atoms with E-state index in [2.05, 4.69) is 49.0 Å². The molecule has 0 N–H and O–H groups in total. The summed E-state index contributed by atoms with van der Waals surface area (Å²) >= 11 is 0. The van der Waals surface area contributed by atoms with Gasteiger partial charge in [-0.25, -0.2) is 0 Å². The molecule has 1 aromatic heterocycles. The van der Waals surface area contributed by atoms with Gasteiger partial charge >= 0.3 is 0 Å². The highest BCUT2D eigenvalue weighted by Gasteiger charge is 2.27. The predicted molar refractivity (Wildman–Crippen MR) is 83.9 cm³/mol. The lowest BCUT2D eigenvalue weighted by atomic mass is 10.00. The predicted octanol–water partition coefficient (Wildman–Crippen LogP) is 3.30. The first kappa shape index (κ1) is 13.7. The maximum absolute atomic E-state index is 9.34. The highest BCUT2D eigenvalue weighted by atomic mass is 15.4. The van der Waals surface area contributed by atoms with Gasteiger partial charge in [0.2, 0.25) is 0 Å². The van der Waals surface area contributed by atoms with Gasteiger partial charge in [-0.3, -0.25) is 4.68 Å². The van der Waals surface area contributed by atoms with Gasteiger partial charge < -0.3 is 4.90 Å². The molecule has 0 atom stereocenters. The molecule has 2 aromatic rings. The van der Waals surface area contributed by atoms with Crippen LogP contribution >= 0.6 is 0 Å². The lowest BCUT2D eigenvalue weighted by Gasteiger charge is -2.30. The monoisotopic (exact) mass is 280 g/mol. The fraction of sp³-hybridized carbons (Fsp3) is 0.412. The molecule has 0 radical (unpaired) electrons. The Labute approximate surface area is 125 Å². The summed E-state index contributed by atoms with van der Waals surface area (Å²) in [4.78, 5) is 2.28. The van der Waals surface area contributed by atoms with Crippen LogP contribution in [0.3, 0.4) is 0 Å². The number of benzene rings is 1. The van der Waals surface area contributed by atoms with Crippen molar-refractivity contribution in [2.75, 3.05) is 11.4 Å². The molecule has 2 heterocycles. The average molecular weight is 280 g/mol. The summed E-state index contributed by atoms with van der Waals surface area (Å²) in [6.07, 6.45) is 1.99. The Morgan fingerprint density at radius 1 is 1.19 bits per heavy atom. The van der Waals surface area contributed by atoms with Gasteiger partial charge in [0.1, 0.15) is 11.8 Å². The Kier molecular flexibility index (Phi) is 3.21. The molecule has 0 bridgehead atoms. The topological polar surface area (TPSA) is 44.9 Å². The van der Waals surface area contributed by atoms with E-state index in [0.29, 0.717) is 5.69 Å². The largest absolute Gasteiger partial charge is 0.324 e. The van der Waals surface area contributed by atoms with Crippen molar-refractivity contribution in [2.45, 2.75) is 33.6 Å². The van der Waals surface area contributed by atoms with Gasteiger partial charge in [0.15, 0.2) is 5.82 Å². The Morgan fingerprint density at radius 3 is 2.48 bits per heavy atom. The zero-order valence-electron chi connectivity index (χ0n) is 13.1. The van der Waals surface area contributed by atoms with Crippen LogP contribution in [-0.2, 0) is 13.5 Å². The Bertz CT molecular complexity index is 726. The number of aryl methyl sites for hydroxylation is 4. The molecule has 0 unspecified atom stereocenters. The molecular formula is C17H20N4. The smallest absolute Gasteiger partial charge is 0.159 e. The Hall–Kier alpha value is -2.28. The lowest BCUT2D eigenvalue weighted by molar-refractivity contribution is 0.737. The Morgan fingerprint density at radius 2 is 1.86 bits per heavy atom. The molecule has 0 saturated carbocycles. The molecule has 0 aliphatic carbocycles. The van der Waals surface area contributed by atoms with Crippen LogP contribution in [0.1, 0.15) is 34.4 Å². The summed E-state index contributed by atoms with van der Waals surface area (Å²) in [5, 5.41) is 13.9. The van der Waals surface area contributed by atoms with E-state index in [1.165, 1.54) is 22.4 Å². The third-order valence-electron chi connectivity index (χ3n) is 4.20. The van der Waals surface area contributed by atoms with Crippen molar-refractivity contribution in [2.24, 2.45) is 7.05 Å². The van der Waals surface area contributed by atoms with Crippen LogP contribution in [-0.4, -0.2) is 16.3 Å². The van der Waals surface area contributed by atoms with E-state index in [-0.39, 0.29) is 0 Å². The van der Waals surface area contributed by atoms with Crippen LogP contribution in [0.2, 0.25) is 0 Å². The minimum Gasteiger partial charge on any atom is -0.324 e. The molecule has 1 aliphatic heterocycles. The molecule has 0 fully saturated rings. The third-order valence-corrected chi connectivity index (χ3v) is 4.20. The molecular weight excluding hydrogens is 260 g/mol. The number of anilines is 2. The number of aromatic nitrogens is 2. The second-order valence-corrected chi connectivity index (χ2v) is 5.89. The van der Waals surface area contributed by atoms with Gasteiger partial charge in [-0.2, -0.15) is 10.4 Å². The second kappa shape index (κ2) is 4.92. The SMILES string of the molecule is Cc1cc(C)c(N2CCCc3c2nn(C)c3C#N)c(C)c1. The maximum atomic E-state index is 9.34. The van der Waals surface area contributed by atoms with Crippen molar-refractivity contribution in [1.29, 1.82) is 5.26 Å². The zero-order valence-corrected chi connectivity index (χ0v) is 13.1. The van der Waals surface area contributed by atoms with Crippen LogP contribution in [0.5, 0.6) is 0 Å². The third kappa shape index (κ3) is 2.09. The second-order valence-electron chi connectivity index (χ2n) is 5.89. The first-order chi connectivity index (χ1) is 10.0. The zero-order chi connectivity index (χ0) is 15.1. The first-order valence-electron chi connectivity index (χ1n) is 7.34. The maximum Gasteiger partial charge on any atom is 0.159 e. The van der Waals surface area contributed by atoms with E-state index in [0.717, 1.165) is 30.8 Å². The molecule has 1 aliphatic rings. The molecule has 0 saturated heterocycles. The summed E-state index contributed by atoms with van der Waals surface area (Å²) in [7, 11) is 1.85. The van der Waals surface area contributed by atoms with E-state index in [9.17, 15) is 5.26 Å². The number of nitriles is 1. The van der Waals surface area contributed by atoms with Gasteiger partial charge in [0, 0.05) is 24.8 Å². The summed E-state index contributed by atoms with van der Waals surface area (Å²) in [6.45, 7) is 7.38. The van der Waals surface area contributed by atoms with Gasteiger partial charge in [-0.1, -0.05) is 17.7 Å². The fourth-order valence-electron chi connectivity index (χ4n) is 3.48. The van der Waals surface area contributed by atoms with Gasteiger partial charge in [0.05, 0.1) is 0 Å². The van der Waals surface area contributed by atoms with Crippen molar-refractivity contribution in [1.82, 2.24) is 9.78 Å². The lowest BCUT2D eigenvalue weighted by Crippen LogP contribution is -2.26. The number of hydrogen-bond donors (Lipinski definition) is 0. The van der Waals surface area contributed by atoms with Gasteiger partial charge in [-0.05, 0) is 44.7 Å². The summed E-state index contributed by atoms with van der Waals surface area (Å²) in [6, 6.07) is 6.71. The van der Waals surface area contributed by atoms with Crippen LogP contribution in [0.25, 0.3) is 0 Å². The molecule has 1 aromatic carbocycles. The van der Waals surface area contributed by atoms with Crippen molar-refractivity contribution < 1.29 is 0 Å². The molecule has 0 spiro atoms. The Balaban J connectivity index is 2.18. The van der Waals surface area contributed by atoms with Crippen LogP contribution < -0.4 is 4.90 Å². The van der Waals surface area contributed by atoms with E-state index < -0.39 is 0 Å². The minimum absolute atomic E-state index is 0.692.